The first-order chi connectivity index (χ1) is 9.60. The molecule has 3 N–H and O–H groups in total. The molecule has 0 radical (unpaired) electrons. The molecular weight excluding hydrogens is 274 g/mol. The highest BCUT2D eigenvalue weighted by atomic mass is 35.5. The van der Waals surface area contributed by atoms with Crippen molar-refractivity contribution in [2.24, 2.45) is 5.73 Å². The summed E-state index contributed by atoms with van der Waals surface area (Å²) in [5, 5.41) is 12.5. The van der Waals surface area contributed by atoms with Gasteiger partial charge in [0.25, 0.3) is 0 Å². The molecule has 1 amide bonds. The average Bonchev–Trinajstić information content (AvgIpc) is 2.46. The number of nitrogens with two attached hydrogens (primary N) is 1. The third kappa shape index (κ3) is 3.28. The van der Waals surface area contributed by atoms with Gasteiger partial charge < -0.3 is 11.1 Å². The Balaban J connectivity index is 2.05. The van der Waals surface area contributed by atoms with Crippen LogP contribution in [0.15, 0.2) is 42.5 Å². The van der Waals surface area contributed by atoms with Crippen LogP contribution in [0.4, 0.5) is 5.69 Å². The van der Waals surface area contributed by atoms with E-state index in [2.05, 4.69) is 5.32 Å². The topological polar surface area (TPSA) is 78.9 Å². The fourth-order valence-corrected chi connectivity index (χ4v) is 1.96. The lowest BCUT2D eigenvalue weighted by molar-refractivity contribution is 0.100. The molecule has 0 aliphatic rings. The van der Waals surface area contributed by atoms with Crippen molar-refractivity contribution in [1.82, 2.24) is 0 Å². The van der Waals surface area contributed by atoms with Crippen LogP contribution in [0.1, 0.15) is 21.5 Å². The van der Waals surface area contributed by atoms with Crippen LogP contribution in [0.5, 0.6) is 0 Å². The third-order valence-electron chi connectivity index (χ3n) is 2.83. The Kier molecular flexibility index (Phi) is 4.24. The van der Waals surface area contributed by atoms with Crippen LogP contribution in [0.25, 0.3) is 0 Å². The van der Waals surface area contributed by atoms with Crippen molar-refractivity contribution in [2.45, 2.75) is 6.54 Å². The van der Waals surface area contributed by atoms with E-state index in [0.29, 0.717) is 22.7 Å². The zero-order valence-corrected chi connectivity index (χ0v) is 11.3. The number of nitriles is 1. The molecule has 2 aromatic carbocycles. The lowest BCUT2D eigenvalue weighted by atomic mass is 10.1. The number of primary amides is 1. The number of benzene rings is 2. The summed E-state index contributed by atoms with van der Waals surface area (Å²) in [5.74, 6) is -0.452. The standard InChI is InChI=1S/C15H12ClN3O/c16-14-7-10(8-17)1-2-12(14)9-19-13-5-3-11(4-6-13)15(18)20/h1-7,19H,9H2,(H2,18,20). The van der Waals surface area contributed by atoms with Crippen LogP contribution in [-0.4, -0.2) is 5.91 Å². The van der Waals surface area contributed by atoms with Gasteiger partial charge in [0.05, 0.1) is 11.6 Å². The van der Waals surface area contributed by atoms with Gasteiger partial charge >= 0.3 is 0 Å². The highest BCUT2D eigenvalue weighted by Crippen LogP contribution is 2.19. The van der Waals surface area contributed by atoms with E-state index in [4.69, 9.17) is 22.6 Å². The maximum absolute atomic E-state index is 11.0. The van der Waals surface area contributed by atoms with Crippen LogP contribution in [-0.2, 0) is 6.54 Å². The predicted octanol–water partition coefficient (Wildman–Crippen LogP) is 2.92. The third-order valence-corrected chi connectivity index (χ3v) is 3.19. The van der Waals surface area contributed by atoms with Gasteiger partial charge in [0.1, 0.15) is 0 Å². The molecule has 0 aromatic heterocycles. The van der Waals surface area contributed by atoms with Crippen molar-refractivity contribution in [1.29, 1.82) is 5.26 Å². The number of carbonyl (C=O) groups excluding carboxylic acids is 1. The van der Waals surface area contributed by atoms with Crippen molar-refractivity contribution in [2.75, 3.05) is 5.32 Å². The lowest BCUT2D eigenvalue weighted by Crippen LogP contribution is -2.10. The Morgan fingerprint density at radius 1 is 1.25 bits per heavy atom. The molecule has 0 saturated heterocycles. The van der Waals surface area contributed by atoms with Crippen molar-refractivity contribution in [3.05, 3.63) is 64.2 Å². The molecule has 0 unspecified atom stereocenters. The minimum Gasteiger partial charge on any atom is -0.381 e. The molecule has 5 heteroatoms. The van der Waals surface area contributed by atoms with Crippen LogP contribution in [0.2, 0.25) is 5.02 Å². The first-order valence-electron chi connectivity index (χ1n) is 5.92. The van der Waals surface area contributed by atoms with E-state index in [0.717, 1.165) is 11.3 Å². The van der Waals surface area contributed by atoms with E-state index in [9.17, 15) is 4.79 Å². The minimum atomic E-state index is -0.452. The average molecular weight is 286 g/mol. The fraction of sp³-hybridized carbons (Fsp3) is 0.0667. The van der Waals surface area contributed by atoms with Crippen LogP contribution in [0.3, 0.4) is 0 Å². The predicted molar refractivity (Wildman–Crippen MR) is 78.5 cm³/mol. The maximum Gasteiger partial charge on any atom is 0.248 e. The van der Waals surface area contributed by atoms with E-state index >= 15 is 0 Å². The molecule has 4 nitrogen and oxygen atoms in total. The number of rotatable bonds is 4. The highest BCUT2D eigenvalue weighted by Gasteiger charge is 2.03. The molecule has 0 spiro atoms. The molecule has 0 bridgehead atoms. The molecule has 2 aromatic rings. The SMILES string of the molecule is N#Cc1ccc(CNc2ccc(C(N)=O)cc2)c(Cl)c1. The molecule has 0 heterocycles. The summed E-state index contributed by atoms with van der Waals surface area (Å²) < 4.78 is 0. The molecule has 0 atom stereocenters. The first kappa shape index (κ1) is 13.9. The van der Waals surface area contributed by atoms with Crippen LogP contribution in [0, 0.1) is 11.3 Å². The normalized spacial score (nSPS) is 9.80. The number of nitrogens with zero attached hydrogens (tertiary/aromatic N) is 1. The summed E-state index contributed by atoms with van der Waals surface area (Å²) in [6, 6.07) is 14.1. The second-order valence-corrected chi connectivity index (χ2v) is 4.62. The van der Waals surface area contributed by atoms with E-state index in [-0.39, 0.29) is 0 Å². The Labute approximate surface area is 121 Å². The summed E-state index contributed by atoms with van der Waals surface area (Å²) in [5.41, 5.74) is 7.92. The van der Waals surface area contributed by atoms with Gasteiger partial charge in [0, 0.05) is 22.8 Å². The fourth-order valence-electron chi connectivity index (χ4n) is 1.71. The molecule has 100 valence electrons. The van der Waals surface area contributed by atoms with E-state index in [1.54, 1.807) is 36.4 Å². The van der Waals surface area contributed by atoms with Crippen LogP contribution >= 0.6 is 11.6 Å². The van der Waals surface area contributed by atoms with E-state index in [1.165, 1.54) is 0 Å². The summed E-state index contributed by atoms with van der Waals surface area (Å²) >= 11 is 6.09. The Hall–Kier alpha value is -2.51. The smallest absolute Gasteiger partial charge is 0.248 e. The molecular formula is C15H12ClN3O. The zero-order chi connectivity index (χ0) is 14.5. The van der Waals surface area contributed by atoms with Crippen molar-refractivity contribution >= 4 is 23.2 Å². The quantitative estimate of drug-likeness (QED) is 0.906. The van der Waals surface area contributed by atoms with Gasteiger partial charge in [-0.3, -0.25) is 4.79 Å². The van der Waals surface area contributed by atoms with Gasteiger partial charge in [-0.15, -0.1) is 0 Å². The second kappa shape index (κ2) is 6.09. The van der Waals surface area contributed by atoms with Crippen LogP contribution < -0.4 is 11.1 Å². The summed E-state index contributed by atoms with van der Waals surface area (Å²) in [7, 11) is 0. The largest absolute Gasteiger partial charge is 0.381 e. The first-order valence-corrected chi connectivity index (χ1v) is 6.30. The van der Waals surface area contributed by atoms with Crippen molar-refractivity contribution in [3.63, 3.8) is 0 Å². The number of amides is 1. The second-order valence-electron chi connectivity index (χ2n) is 4.21. The van der Waals surface area contributed by atoms with Crippen molar-refractivity contribution < 1.29 is 4.79 Å². The Morgan fingerprint density at radius 3 is 2.50 bits per heavy atom. The number of halogens is 1. The summed E-state index contributed by atoms with van der Waals surface area (Å²) in [6.07, 6.45) is 0. The van der Waals surface area contributed by atoms with Crippen molar-refractivity contribution in [3.8, 4) is 6.07 Å². The van der Waals surface area contributed by atoms with Gasteiger partial charge in [0.15, 0.2) is 0 Å². The molecule has 0 aliphatic carbocycles. The van der Waals surface area contributed by atoms with Gasteiger partial charge in [-0.2, -0.15) is 5.26 Å². The molecule has 0 aliphatic heterocycles. The number of anilines is 1. The molecule has 2 rings (SSSR count). The van der Waals surface area contributed by atoms with E-state index in [1.807, 2.05) is 12.1 Å². The molecule has 0 saturated carbocycles. The maximum atomic E-state index is 11.0. The number of hydrogen-bond acceptors (Lipinski definition) is 3. The highest BCUT2D eigenvalue weighted by molar-refractivity contribution is 6.31. The summed E-state index contributed by atoms with van der Waals surface area (Å²) in [6.45, 7) is 0.528. The van der Waals surface area contributed by atoms with E-state index < -0.39 is 5.91 Å². The zero-order valence-electron chi connectivity index (χ0n) is 10.6. The van der Waals surface area contributed by atoms with Gasteiger partial charge in [-0.1, -0.05) is 17.7 Å². The number of hydrogen-bond donors (Lipinski definition) is 2. The minimum absolute atomic E-state index is 0.452. The van der Waals surface area contributed by atoms with Gasteiger partial charge in [-0.05, 0) is 42.0 Å². The number of carbonyl (C=O) groups is 1. The molecule has 0 fully saturated rings. The summed E-state index contributed by atoms with van der Waals surface area (Å²) in [4.78, 5) is 11.0. The monoisotopic (exact) mass is 285 g/mol. The molecule has 20 heavy (non-hydrogen) atoms. The van der Waals surface area contributed by atoms with Gasteiger partial charge in [0.2, 0.25) is 5.91 Å². The van der Waals surface area contributed by atoms with Gasteiger partial charge in [-0.25, -0.2) is 0 Å². The lowest BCUT2D eigenvalue weighted by Gasteiger charge is -2.08. The Bertz CT molecular complexity index is 675. The number of nitrogens with one attached hydrogen (secondary N) is 1. The Morgan fingerprint density at radius 2 is 1.95 bits per heavy atom.